The third-order valence-electron chi connectivity index (χ3n) is 6.08. The normalized spacial score (nSPS) is 26.3. The molecule has 17 nitrogen and oxygen atoms in total. The van der Waals surface area contributed by atoms with Crippen LogP contribution in [0.1, 0.15) is 12.1 Å². The lowest BCUT2D eigenvalue weighted by Crippen LogP contribution is -2.33. The van der Waals surface area contributed by atoms with Crippen molar-refractivity contribution in [3.63, 3.8) is 0 Å². The third-order valence-corrected chi connectivity index (χ3v) is 8.01. The van der Waals surface area contributed by atoms with Gasteiger partial charge in [-0.15, -0.1) is 0 Å². The zero-order chi connectivity index (χ0) is 28.2. The number of phenolic OH excluding ortho intramolecular Hbond substituents is 1. The number of thioether (sulfide) groups is 1. The predicted molar refractivity (Wildman–Crippen MR) is 136 cm³/mol. The Balaban J connectivity index is 1.08. The topological polar surface area (TPSA) is 251 Å². The molecule has 0 amide bonds. The third kappa shape index (κ3) is 4.90. The summed E-state index contributed by atoms with van der Waals surface area (Å²) in [4.78, 5) is 43.0. The summed E-state index contributed by atoms with van der Waals surface area (Å²) in [5.41, 5.74) is 7.05. The van der Waals surface area contributed by atoms with Crippen LogP contribution < -0.4 is 5.73 Å². The van der Waals surface area contributed by atoms with Crippen LogP contribution in [0.25, 0.3) is 22.3 Å². The van der Waals surface area contributed by atoms with E-state index in [1.165, 1.54) is 29.4 Å². The van der Waals surface area contributed by atoms with Crippen LogP contribution in [-0.2, 0) is 23.1 Å². The second kappa shape index (κ2) is 10.1. The Labute approximate surface area is 227 Å². The highest BCUT2D eigenvalue weighted by molar-refractivity contribution is 8.14. The van der Waals surface area contributed by atoms with Crippen molar-refractivity contribution in [2.24, 2.45) is 4.99 Å². The second-order valence-electron chi connectivity index (χ2n) is 8.74. The van der Waals surface area contributed by atoms with Gasteiger partial charge in [-0.3, -0.25) is 19.0 Å². The molecule has 0 bridgehead atoms. The van der Waals surface area contributed by atoms with E-state index in [-0.39, 0.29) is 39.4 Å². The van der Waals surface area contributed by atoms with Gasteiger partial charge in [-0.25, -0.2) is 29.3 Å². The van der Waals surface area contributed by atoms with Crippen LogP contribution in [0.15, 0.2) is 40.3 Å². The fraction of sp³-hybridized carbons (Fsp3) is 0.333. The van der Waals surface area contributed by atoms with Crippen molar-refractivity contribution in [3.8, 4) is 5.75 Å². The number of aromatic hydroxyl groups is 1. The second-order valence-corrected chi connectivity index (χ2v) is 11.1. The molecule has 210 valence electrons. The predicted octanol–water partition coefficient (Wildman–Crippen LogP) is 0.0969. The zero-order valence-corrected chi connectivity index (χ0v) is 21.8. The van der Waals surface area contributed by atoms with E-state index in [9.17, 15) is 29.6 Å². The maximum atomic E-state index is 12.5. The van der Waals surface area contributed by atoms with E-state index < -0.39 is 51.0 Å². The summed E-state index contributed by atoms with van der Waals surface area (Å²) >= 11 is 1.13. The number of phosphoric ester groups is 1. The van der Waals surface area contributed by atoms with Gasteiger partial charge >= 0.3 is 13.8 Å². The van der Waals surface area contributed by atoms with E-state index in [2.05, 4.69) is 29.5 Å². The first-order chi connectivity index (χ1) is 19.1. The first-order valence-electron chi connectivity index (χ1n) is 11.6. The van der Waals surface area contributed by atoms with Crippen molar-refractivity contribution in [1.29, 1.82) is 0 Å². The molecule has 6 atom stereocenters. The van der Waals surface area contributed by atoms with Gasteiger partial charge < -0.3 is 34.7 Å². The highest BCUT2D eigenvalue weighted by atomic mass is 32.2. The number of hydrogen-bond donors (Lipinski definition) is 5. The largest absolute Gasteiger partial charge is 0.529 e. The lowest BCUT2D eigenvalue weighted by atomic mass is 10.1. The molecule has 2 unspecified atom stereocenters. The van der Waals surface area contributed by atoms with Crippen molar-refractivity contribution in [2.45, 2.75) is 30.6 Å². The molecule has 3 aromatic heterocycles. The Hall–Kier alpha value is -3.64. The number of phenols is 1. The number of aromatic nitrogens is 5. The number of rotatable bonds is 7. The Kier molecular flexibility index (Phi) is 6.70. The number of oxazole rings is 1. The average molecular weight is 593 g/mol. The van der Waals surface area contributed by atoms with Gasteiger partial charge in [-0.1, -0.05) is 11.8 Å². The van der Waals surface area contributed by atoms with Crippen LogP contribution in [0.2, 0.25) is 0 Å². The van der Waals surface area contributed by atoms with Gasteiger partial charge in [0.05, 0.1) is 12.9 Å². The van der Waals surface area contributed by atoms with E-state index in [0.717, 1.165) is 11.8 Å². The summed E-state index contributed by atoms with van der Waals surface area (Å²) in [6.45, 7) is -0.705. The summed E-state index contributed by atoms with van der Waals surface area (Å²) in [7, 11) is -4.97. The van der Waals surface area contributed by atoms with Crippen LogP contribution in [0.3, 0.4) is 0 Å². The molecule has 1 aromatic carbocycles. The summed E-state index contributed by atoms with van der Waals surface area (Å²) in [6, 6.07) is 3.23. The first kappa shape index (κ1) is 26.6. The molecule has 5 heterocycles. The van der Waals surface area contributed by atoms with Crippen molar-refractivity contribution in [2.75, 3.05) is 18.1 Å². The molecular weight excluding hydrogens is 573 g/mol. The zero-order valence-electron chi connectivity index (χ0n) is 20.0. The molecule has 2 aliphatic heterocycles. The van der Waals surface area contributed by atoms with Gasteiger partial charge in [-0.2, -0.15) is 0 Å². The smallest absolute Gasteiger partial charge is 0.508 e. The van der Waals surface area contributed by atoms with Gasteiger partial charge in [-0.05, 0) is 12.1 Å². The number of fused-ring (bicyclic) bond motifs is 2. The van der Waals surface area contributed by atoms with Gasteiger partial charge in [0.2, 0.25) is 0 Å². The fourth-order valence-electron chi connectivity index (χ4n) is 4.14. The number of benzene rings is 1. The van der Waals surface area contributed by atoms with Crippen LogP contribution in [0.5, 0.6) is 5.75 Å². The van der Waals surface area contributed by atoms with E-state index in [0.29, 0.717) is 11.1 Å². The van der Waals surface area contributed by atoms with Gasteiger partial charge in [0.1, 0.15) is 41.4 Å². The van der Waals surface area contributed by atoms with Crippen LogP contribution >= 0.6 is 19.6 Å². The number of aliphatic hydroxyl groups is 2. The lowest BCUT2D eigenvalue weighted by Gasteiger charge is -2.18. The van der Waals surface area contributed by atoms with Crippen LogP contribution in [0.4, 0.5) is 5.82 Å². The minimum atomic E-state index is -4.97. The minimum Gasteiger partial charge on any atom is -0.508 e. The number of carbonyl (C=O) groups excluding carboxylic acids is 1. The van der Waals surface area contributed by atoms with Crippen LogP contribution in [0, 0.1) is 0 Å². The summed E-state index contributed by atoms with van der Waals surface area (Å²) in [6.07, 6.45) is -2.99. The number of aliphatic hydroxyl groups excluding tert-OH is 2. The SMILES string of the molecule is Nc1ncnc2c1ncn2[C@@H]1O[C@H](COP(=O)(O)OC(=O)C2CSC(c3nc4ccc(O)cc4o3)=N2)[C@@H](O)[C@H]1O. The molecule has 6 rings (SSSR count). The molecule has 2 aliphatic rings. The van der Waals surface area contributed by atoms with Gasteiger partial charge in [0, 0.05) is 11.8 Å². The number of imidazole rings is 1. The highest BCUT2D eigenvalue weighted by Crippen LogP contribution is 2.45. The molecule has 0 spiro atoms. The molecule has 1 saturated heterocycles. The van der Waals surface area contributed by atoms with E-state index in [1.54, 1.807) is 6.07 Å². The number of nitrogens with zero attached hydrogens (tertiary/aromatic N) is 6. The Morgan fingerprint density at radius 1 is 1.25 bits per heavy atom. The molecular formula is C21H20N7O10PS. The van der Waals surface area contributed by atoms with E-state index in [4.69, 9.17) is 19.4 Å². The number of carbonyl (C=O) groups is 1. The first-order valence-corrected chi connectivity index (χ1v) is 14.0. The summed E-state index contributed by atoms with van der Waals surface area (Å²) in [5.74, 6) is -0.832. The molecule has 4 aromatic rings. The summed E-state index contributed by atoms with van der Waals surface area (Å²) < 4.78 is 34.6. The van der Waals surface area contributed by atoms with Crippen LogP contribution in [-0.4, -0.2) is 92.4 Å². The number of nitrogens with two attached hydrogens (primary N) is 1. The Morgan fingerprint density at radius 3 is 2.90 bits per heavy atom. The lowest BCUT2D eigenvalue weighted by molar-refractivity contribution is -0.137. The van der Waals surface area contributed by atoms with Crippen molar-refractivity contribution < 1.29 is 47.8 Å². The maximum absolute atomic E-state index is 12.5. The molecule has 19 heteroatoms. The Morgan fingerprint density at radius 2 is 2.08 bits per heavy atom. The van der Waals surface area contributed by atoms with Crippen molar-refractivity contribution >= 4 is 58.7 Å². The quantitative estimate of drug-likeness (QED) is 0.178. The number of phosphoric acid groups is 1. The van der Waals surface area contributed by atoms with Gasteiger partial charge in [0.25, 0.3) is 5.89 Å². The fourth-order valence-corrected chi connectivity index (χ4v) is 5.81. The standard InChI is InChI=1S/C21H20N7O10PS/c22-16-13-17(24-6-23-16)28(7-25-13)20-15(31)14(30)12(37-20)4-35-39(33,34)38-21(32)10-5-40-19(27-10)18-26-9-2-1-8(29)3-11(9)36-18/h1-3,6-7,10,12,14-15,20,29-31H,4-5H2,(H,33,34)(H2,22,23,24)/t10?,12-,14-,15-,20-/m1/s1. The van der Waals surface area contributed by atoms with Gasteiger partial charge in [0.15, 0.2) is 34.4 Å². The highest BCUT2D eigenvalue weighted by Gasteiger charge is 2.46. The monoisotopic (exact) mass is 593 g/mol. The molecule has 40 heavy (non-hydrogen) atoms. The minimum absolute atomic E-state index is 0.00751. The number of ether oxygens (including phenoxy) is 1. The number of hydrogen-bond acceptors (Lipinski definition) is 16. The number of nitrogen functional groups attached to an aromatic ring is 1. The van der Waals surface area contributed by atoms with E-state index in [1.807, 2.05) is 0 Å². The maximum Gasteiger partial charge on any atom is 0.529 e. The molecule has 0 radical (unpaired) electrons. The van der Waals surface area contributed by atoms with Crippen molar-refractivity contribution in [1.82, 2.24) is 24.5 Å². The van der Waals surface area contributed by atoms with Crippen molar-refractivity contribution in [3.05, 3.63) is 36.7 Å². The van der Waals surface area contributed by atoms with E-state index >= 15 is 0 Å². The average Bonchev–Trinajstić information content (AvgIpc) is 3.69. The number of aliphatic imine (C=N–C) groups is 1. The molecule has 0 saturated carbocycles. The molecule has 1 fully saturated rings. The Bertz CT molecular complexity index is 1690. The molecule has 0 aliphatic carbocycles. The molecule has 6 N–H and O–H groups in total. The number of anilines is 1. The summed E-state index contributed by atoms with van der Waals surface area (Å²) in [5, 5.41) is 30.8.